The van der Waals surface area contributed by atoms with Crippen molar-refractivity contribution < 1.29 is 15.0 Å². The number of amides is 1. The van der Waals surface area contributed by atoms with Gasteiger partial charge in [-0.15, -0.1) is 0 Å². The number of benzene rings is 1. The Bertz CT molecular complexity index is 355. The lowest BCUT2D eigenvalue weighted by Crippen LogP contribution is -2.45. The van der Waals surface area contributed by atoms with Crippen molar-refractivity contribution in [3.63, 3.8) is 0 Å². The number of phenols is 1. The van der Waals surface area contributed by atoms with E-state index in [1.807, 2.05) is 0 Å². The highest BCUT2D eigenvalue weighted by Crippen LogP contribution is 2.14. The molecule has 1 aromatic rings. The van der Waals surface area contributed by atoms with Crippen LogP contribution in [0.3, 0.4) is 0 Å². The Morgan fingerprint density at radius 1 is 1.44 bits per heavy atom. The van der Waals surface area contributed by atoms with E-state index >= 15 is 0 Å². The molecule has 0 aliphatic carbocycles. The first kappa shape index (κ1) is 12.5. The summed E-state index contributed by atoms with van der Waals surface area (Å²) in [7, 11) is 1.51. The minimum atomic E-state index is -0.662. The number of aromatic hydroxyl groups is 1. The number of aliphatic hydroxyl groups excluding tert-OH is 1. The summed E-state index contributed by atoms with van der Waals surface area (Å²) in [6.07, 6.45) is 0. The van der Waals surface area contributed by atoms with Crippen molar-refractivity contribution in [1.82, 2.24) is 10.6 Å². The molecule has 0 saturated heterocycles. The van der Waals surface area contributed by atoms with Crippen molar-refractivity contribution in [2.75, 3.05) is 13.7 Å². The molecule has 88 valence electrons. The zero-order valence-electron chi connectivity index (χ0n) is 9.10. The molecule has 0 spiro atoms. The topological polar surface area (TPSA) is 81.6 Å². The molecule has 16 heavy (non-hydrogen) atoms. The maximum Gasteiger partial charge on any atom is 0.239 e. The fraction of sp³-hybridized carbons (Fsp3) is 0.364. The summed E-state index contributed by atoms with van der Waals surface area (Å²) in [6, 6.07) is 6.18. The first-order valence-electron chi connectivity index (χ1n) is 5.01. The van der Waals surface area contributed by atoms with Crippen LogP contribution in [0.25, 0.3) is 0 Å². The van der Waals surface area contributed by atoms with Gasteiger partial charge in [0.1, 0.15) is 11.8 Å². The van der Waals surface area contributed by atoms with Crippen LogP contribution < -0.4 is 10.6 Å². The van der Waals surface area contributed by atoms with Crippen molar-refractivity contribution in [3.8, 4) is 5.75 Å². The Kier molecular flexibility index (Phi) is 4.75. The molecule has 0 aliphatic heterocycles. The molecule has 1 unspecified atom stereocenters. The summed E-state index contributed by atoms with van der Waals surface area (Å²) >= 11 is 0. The number of carbonyl (C=O) groups excluding carboxylic acids is 1. The fourth-order valence-corrected chi connectivity index (χ4v) is 1.31. The lowest BCUT2D eigenvalue weighted by molar-refractivity contribution is -0.123. The Balaban J connectivity index is 2.56. The molecule has 0 saturated carbocycles. The van der Waals surface area contributed by atoms with Crippen molar-refractivity contribution in [3.05, 3.63) is 29.8 Å². The van der Waals surface area contributed by atoms with Gasteiger partial charge in [0.25, 0.3) is 0 Å². The Hall–Kier alpha value is -1.59. The van der Waals surface area contributed by atoms with Crippen LogP contribution in [0.15, 0.2) is 24.3 Å². The van der Waals surface area contributed by atoms with Crippen LogP contribution in [0.5, 0.6) is 5.75 Å². The standard InChI is InChI=1S/C11H16N2O3/c1-12-11(16)9(7-14)13-6-8-4-2-3-5-10(8)15/h2-5,9,13-15H,6-7H2,1H3,(H,12,16). The van der Waals surface area contributed by atoms with Crippen molar-refractivity contribution >= 4 is 5.91 Å². The minimum absolute atomic E-state index is 0.170. The highest BCUT2D eigenvalue weighted by molar-refractivity contribution is 5.81. The third-order valence-corrected chi connectivity index (χ3v) is 2.28. The molecular weight excluding hydrogens is 208 g/mol. The SMILES string of the molecule is CNC(=O)C(CO)NCc1ccccc1O. The molecule has 0 bridgehead atoms. The number of hydrogen-bond donors (Lipinski definition) is 4. The van der Waals surface area contributed by atoms with Gasteiger partial charge in [0.15, 0.2) is 0 Å². The van der Waals surface area contributed by atoms with E-state index in [4.69, 9.17) is 5.11 Å². The van der Waals surface area contributed by atoms with Gasteiger partial charge in [-0.25, -0.2) is 0 Å². The molecule has 0 radical (unpaired) electrons. The smallest absolute Gasteiger partial charge is 0.239 e. The molecule has 1 aromatic carbocycles. The number of rotatable bonds is 5. The maximum atomic E-state index is 11.3. The van der Waals surface area contributed by atoms with E-state index in [9.17, 15) is 9.90 Å². The second-order valence-electron chi connectivity index (χ2n) is 3.36. The molecule has 4 N–H and O–H groups in total. The highest BCUT2D eigenvalue weighted by Gasteiger charge is 2.15. The van der Waals surface area contributed by atoms with E-state index in [1.165, 1.54) is 7.05 Å². The summed E-state index contributed by atoms with van der Waals surface area (Å²) in [5, 5.41) is 23.8. The van der Waals surface area contributed by atoms with Gasteiger partial charge in [-0.1, -0.05) is 18.2 Å². The van der Waals surface area contributed by atoms with E-state index in [1.54, 1.807) is 24.3 Å². The van der Waals surface area contributed by atoms with E-state index in [0.29, 0.717) is 12.1 Å². The molecule has 1 amide bonds. The quantitative estimate of drug-likeness (QED) is 0.548. The average Bonchev–Trinajstić information content (AvgIpc) is 2.31. The van der Waals surface area contributed by atoms with Gasteiger partial charge < -0.3 is 15.5 Å². The number of nitrogens with one attached hydrogen (secondary N) is 2. The monoisotopic (exact) mass is 224 g/mol. The Morgan fingerprint density at radius 2 is 2.12 bits per heavy atom. The Labute approximate surface area is 94.1 Å². The molecular formula is C11H16N2O3. The van der Waals surface area contributed by atoms with E-state index < -0.39 is 6.04 Å². The normalized spacial score (nSPS) is 12.1. The molecule has 5 nitrogen and oxygen atoms in total. The summed E-state index contributed by atoms with van der Waals surface area (Å²) in [5.74, 6) is -0.110. The minimum Gasteiger partial charge on any atom is -0.508 e. The van der Waals surface area contributed by atoms with Gasteiger partial charge in [-0.05, 0) is 6.07 Å². The van der Waals surface area contributed by atoms with Crippen LogP contribution in [0.4, 0.5) is 0 Å². The van der Waals surface area contributed by atoms with Crippen molar-refractivity contribution in [1.29, 1.82) is 0 Å². The van der Waals surface area contributed by atoms with Crippen molar-refractivity contribution in [2.24, 2.45) is 0 Å². The summed E-state index contributed by atoms with van der Waals surface area (Å²) in [4.78, 5) is 11.3. The predicted octanol–water partition coefficient (Wildman–Crippen LogP) is -0.411. The zero-order chi connectivity index (χ0) is 12.0. The van der Waals surface area contributed by atoms with Crippen LogP contribution >= 0.6 is 0 Å². The van der Waals surface area contributed by atoms with Crippen LogP contribution in [0.1, 0.15) is 5.56 Å². The summed E-state index contributed by atoms with van der Waals surface area (Å²) < 4.78 is 0. The average molecular weight is 224 g/mol. The second kappa shape index (κ2) is 6.09. The molecule has 0 aromatic heterocycles. The lowest BCUT2D eigenvalue weighted by atomic mass is 10.2. The van der Waals surface area contributed by atoms with E-state index in [2.05, 4.69) is 10.6 Å². The fourth-order valence-electron chi connectivity index (χ4n) is 1.31. The summed E-state index contributed by atoms with van der Waals surface area (Å²) in [6.45, 7) is 0.0403. The number of phenolic OH excluding ortho intramolecular Hbond substituents is 1. The van der Waals surface area contributed by atoms with E-state index in [0.717, 1.165) is 0 Å². The lowest BCUT2D eigenvalue weighted by Gasteiger charge is -2.14. The predicted molar refractivity (Wildman–Crippen MR) is 59.9 cm³/mol. The van der Waals surface area contributed by atoms with Gasteiger partial charge in [-0.3, -0.25) is 10.1 Å². The van der Waals surface area contributed by atoms with E-state index in [-0.39, 0.29) is 18.3 Å². The number of para-hydroxylation sites is 1. The molecule has 0 aliphatic rings. The first-order chi connectivity index (χ1) is 7.69. The van der Waals surface area contributed by atoms with Gasteiger partial charge in [0.05, 0.1) is 6.61 Å². The third kappa shape index (κ3) is 3.22. The summed E-state index contributed by atoms with van der Waals surface area (Å²) in [5.41, 5.74) is 0.685. The van der Waals surface area contributed by atoms with Crippen LogP contribution in [0, 0.1) is 0 Å². The largest absolute Gasteiger partial charge is 0.508 e. The van der Waals surface area contributed by atoms with Gasteiger partial charge >= 0.3 is 0 Å². The number of carbonyl (C=O) groups is 1. The van der Waals surface area contributed by atoms with Crippen LogP contribution in [-0.4, -0.2) is 35.8 Å². The first-order valence-corrected chi connectivity index (χ1v) is 5.01. The molecule has 0 fully saturated rings. The van der Waals surface area contributed by atoms with Crippen molar-refractivity contribution in [2.45, 2.75) is 12.6 Å². The zero-order valence-corrected chi connectivity index (χ0v) is 9.10. The van der Waals surface area contributed by atoms with Gasteiger partial charge in [-0.2, -0.15) is 0 Å². The van der Waals surface area contributed by atoms with Crippen LogP contribution in [-0.2, 0) is 11.3 Å². The number of likely N-dealkylation sites (N-methyl/N-ethyl adjacent to an activating group) is 1. The molecule has 0 heterocycles. The third-order valence-electron chi connectivity index (χ3n) is 2.28. The van der Waals surface area contributed by atoms with Gasteiger partial charge in [0.2, 0.25) is 5.91 Å². The highest BCUT2D eigenvalue weighted by atomic mass is 16.3. The molecule has 1 rings (SSSR count). The van der Waals surface area contributed by atoms with Crippen LogP contribution in [0.2, 0.25) is 0 Å². The van der Waals surface area contributed by atoms with Gasteiger partial charge in [0, 0.05) is 19.2 Å². The second-order valence-corrected chi connectivity index (χ2v) is 3.36. The number of aliphatic hydroxyl groups is 1. The molecule has 1 atom stereocenters. The Morgan fingerprint density at radius 3 is 2.69 bits per heavy atom. The number of hydrogen-bond acceptors (Lipinski definition) is 4. The maximum absolute atomic E-state index is 11.3. The molecule has 5 heteroatoms.